The number of hydrogen-bond acceptors (Lipinski definition) is 9. The van der Waals surface area contributed by atoms with Crippen LogP contribution in [0.2, 0.25) is 0 Å². The summed E-state index contributed by atoms with van der Waals surface area (Å²) in [5, 5.41) is 10.6. The molecule has 1 aliphatic heterocycles. The second kappa shape index (κ2) is 16.5. The van der Waals surface area contributed by atoms with Gasteiger partial charge in [0.15, 0.2) is 0 Å². The first kappa shape index (κ1) is 43.2. The molecular formula is C42H72O9. The van der Waals surface area contributed by atoms with Gasteiger partial charge in [-0.1, -0.05) is 40.5 Å². The second-order valence-electron chi connectivity index (χ2n) is 19.3. The molecule has 4 bridgehead atoms. The summed E-state index contributed by atoms with van der Waals surface area (Å²) in [5.74, 6) is 1.78. The van der Waals surface area contributed by atoms with Crippen molar-refractivity contribution >= 4 is 23.9 Å². The second-order valence-corrected chi connectivity index (χ2v) is 19.3. The molecule has 6 aliphatic rings. The number of hydrogen-bond donors (Lipinski definition) is 1. The van der Waals surface area contributed by atoms with Crippen LogP contribution in [0.4, 0.5) is 0 Å². The smallest absolute Gasteiger partial charge is 0.312 e. The lowest BCUT2D eigenvalue weighted by Crippen LogP contribution is -2.61. The van der Waals surface area contributed by atoms with E-state index >= 15 is 0 Å². The van der Waals surface area contributed by atoms with E-state index in [1.54, 1.807) is 0 Å². The molecule has 51 heavy (non-hydrogen) atoms. The van der Waals surface area contributed by atoms with Gasteiger partial charge in [-0.05, 0) is 143 Å². The van der Waals surface area contributed by atoms with Gasteiger partial charge in [-0.3, -0.25) is 19.2 Å². The van der Waals surface area contributed by atoms with Crippen LogP contribution in [0.5, 0.6) is 0 Å². The predicted molar refractivity (Wildman–Crippen MR) is 197 cm³/mol. The Bertz CT molecular complexity index is 1210. The first-order valence-electron chi connectivity index (χ1n) is 20.0. The van der Waals surface area contributed by atoms with Gasteiger partial charge < -0.3 is 24.1 Å². The van der Waals surface area contributed by atoms with Gasteiger partial charge in [-0.15, -0.1) is 0 Å². The average molecular weight is 721 g/mol. The molecule has 5 aliphatic carbocycles. The van der Waals surface area contributed by atoms with Crippen LogP contribution in [0.3, 0.4) is 0 Å². The molecule has 1 saturated heterocycles. The summed E-state index contributed by atoms with van der Waals surface area (Å²) < 4.78 is 21.7. The van der Waals surface area contributed by atoms with Gasteiger partial charge >= 0.3 is 23.9 Å². The van der Waals surface area contributed by atoms with E-state index in [0.29, 0.717) is 30.6 Å². The fourth-order valence-electron chi connectivity index (χ4n) is 8.31. The van der Waals surface area contributed by atoms with Gasteiger partial charge in [0.05, 0.1) is 28.3 Å². The maximum Gasteiger partial charge on any atom is 0.312 e. The zero-order chi connectivity index (χ0) is 38.6. The minimum absolute atomic E-state index is 0.0476. The molecule has 1 heterocycles. The number of ether oxygens (including phenoxy) is 4. The van der Waals surface area contributed by atoms with Crippen LogP contribution in [-0.4, -0.2) is 58.5 Å². The van der Waals surface area contributed by atoms with Crippen LogP contribution >= 0.6 is 0 Å². The Kier molecular flexibility index (Phi) is 14.0. The highest BCUT2D eigenvalue weighted by atomic mass is 16.6. The highest BCUT2D eigenvalue weighted by Crippen LogP contribution is 2.59. The molecule has 9 heteroatoms. The molecule has 6 rings (SSSR count). The van der Waals surface area contributed by atoms with Crippen LogP contribution < -0.4 is 0 Å². The molecule has 0 radical (unpaired) electrons. The quantitative estimate of drug-likeness (QED) is 0.174. The zero-order valence-corrected chi connectivity index (χ0v) is 34.2. The summed E-state index contributed by atoms with van der Waals surface area (Å²) in [6, 6.07) is 0. The summed E-state index contributed by atoms with van der Waals surface area (Å²) in [7, 11) is 0. The Morgan fingerprint density at radius 3 is 1.71 bits per heavy atom. The van der Waals surface area contributed by atoms with E-state index in [4.69, 9.17) is 18.9 Å². The fraction of sp³-hybridized carbons (Fsp3) is 0.905. The Hall–Kier alpha value is -2.16. The highest BCUT2D eigenvalue weighted by Gasteiger charge is 2.59. The van der Waals surface area contributed by atoms with Gasteiger partial charge in [-0.2, -0.15) is 0 Å². The SMILES string of the molecule is CCC(C)(C)C(=O)OC(C)(C)C1CCC(C)CC1.CCC(C)(C)C(=O)OC12CC3CC(CC(O)(C3)C1)C2.CCC(C)(C)C(=O)OC1COC(=O)C1. The lowest BCUT2D eigenvalue weighted by atomic mass is 9.52. The minimum atomic E-state index is -0.555. The zero-order valence-electron chi connectivity index (χ0n) is 34.2. The summed E-state index contributed by atoms with van der Waals surface area (Å²) >= 11 is 0. The first-order valence-corrected chi connectivity index (χ1v) is 20.0. The van der Waals surface area contributed by atoms with Gasteiger partial charge in [-0.25, -0.2) is 0 Å². The lowest BCUT2D eigenvalue weighted by Gasteiger charge is -2.59. The molecule has 0 spiro atoms. The number of carbonyl (C=O) groups is 4. The maximum atomic E-state index is 12.4. The maximum absolute atomic E-state index is 12.4. The number of esters is 4. The number of rotatable bonds is 10. The van der Waals surface area contributed by atoms with Crippen molar-refractivity contribution in [1.29, 1.82) is 0 Å². The van der Waals surface area contributed by atoms with E-state index < -0.39 is 16.4 Å². The van der Waals surface area contributed by atoms with Gasteiger partial charge in [0.1, 0.15) is 23.9 Å². The fourth-order valence-corrected chi connectivity index (χ4v) is 8.31. The largest absolute Gasteiger partial charge is 0.462 e. The molecule has 3 unspecified atom stereocenters. The van der Waals surface area contributed by atoms with Gasteiger partial charge in [0.25, 0.3) is 0 Å². The normalized spacial score (nSPS) is 31.7. The molecular weight excluding hydrogens is 648 g/mol. The third kappa shape index (κ3) is 11.4. The molecule has 0 aromatic heterocycles. The number of aliphatic hydroxyl groups is 1. The van der Waals surface area contributed by atoms with Crippen molar-refractivity contribution in [2.75, 3.05) is 6.61 Å². The van der Waals surface area contributed by atoms with Crippen LogP contribution in [0, 0.1) is 39.9 Å². The predicted octanol–water partition coefficient (Wildman–Crippen LogP) is 8.90. The summed E-state index contributed by atoms with van der Waals surface area (Å²) in [4.78, 5) is 46.9. The van der Waals surface area contributed by atoms with E-state index in [9.17, 15) is 24.3 Å². The van der Waals surface area contributed by atoms with Crippen molar-refractivity contribution in [3.8, 4) is 0 Å². The van der Waals surface area contributed by atoms with E-state index in [0.717, 1.165) is 44.4 Å². The summed E-state index contributed by atoms with van der Waals surface area (Å²) in [6.07, 6.45) is 12.7. The van der Waals surface area contributed by atoms with Crippen molar-refractivity contribution in [2.45, 2.75) is 196 Å². The molecule has 0 aromatic carbocycles. The Labute approximate surface area is 309 Å². The topological polar surface area (TPSA) is 125 Å². The number of carbonyl (C=O) groups excluding carboxylic acids is 4. The number of cyclic esters (lactones) is 1. The summed E-state index contributed by atoms with van der Waals surface area (Å²) in [6.45, 7) is 24.1. The molecule has 294 valence electrons. The van der Waals surface area contributed by atoms with Crippen molar-refractivity contribution in [3.05, 3.63) is 0 Å². The first-order chi connectivity index (χ1) is 23.4. The minimum Gasteiger partial charge on any atom is -0.462 e. The molecule has 3 atom stereocenters. The van der Waals surface area contributed by atoms with E-state index in [1.807, 2.05) is 62.3 Å². The monoisotopic (exact) mass is 721 g/mol. The Morgan fingerprint density at radius 1 is 0.765 bits per heavy atom. The standard InChI is InChI=1S/C16H26O3.C16H30O2.C10H16O4/c1-4-14(2,3)13(17)19-16-8-11-5-12(9-16)7-15(18,6-11)10-16;1-7-15(3,4)14(17)18-16(5,6)13-10-8-12(2)9-11-13;1-4-10(2,3)9(12)14-7-5-8(11)13-6-7/h11-12,18H,4-10H2,1-3H3;12-13H,7-11H2,1-6H3;7H,4-6H2,1-3H3. The van der Waals surface area contributed by atoms with Gasteiger partial charge in [0, 0.05) is 6.42 Å². The van der Waals surface area contributed by atoms with Crippen molar-refractivity contribution < 1.29 is 43.2 Å². The van der Waals surface area contributed by atoms with Crippen LogP contribution in [0.15, 0.2) is 0 Å². The molecule has 1 N–H and O–H groups in total. The average Bonchev–Trinajstić information content (AvgIpc) is 3.44. The molecule has 6 fully saturated rings. The van der Waals surface area contributed by atoms with Crippen LogP contribution in [0.25, 0.3) is 0 Å². The van der Waals surface area contributed by atoms with Gasteiger partial charge in [0.2, 0.25) is 0 Å². The lowest BCUT2D eigenvalue weighted by molar-refractivity contribution is -0.225. The van der Waals surface area contributed by atoms with Crippen molar-refractivity contribution in [2.24, 2.45) is 39.9 Å². The highest BCUT2D eigenvalue weighted by molar-refractivity contribution is 5.78. The van der Waals surface area contributed by atoms with Crippen LogP contribution in [-0.2, 0) is 38.1 Å². The Morgan fingerprint density at radius 2 is 1.25 bits per heavy atom. The molecule has 0 aromatic rings. The van der Waals surface area contributed by atoms with Crippen molar-refractivity contribution in [3.63, 3.8) is 0 Å². The Balaban J connectivity index is 0.000000209. The van der Waals surface area contributed by atoms with E-state index in [1.165, 1.54) is 32.1 Å². The van der Waals surface area contributed by atoms with E-state index in [2.05, 4.69) is 20.8 Å². The summed E-state index contributed by atoms with van der Waals surface area (Å²) in [5.41, 5.74) is -2.48. The third-order valence-corrected chi connectivity index (χ3v) is 13.0. The molecule has 5 saturated carbocycles. The van der Waals surface area contributed by atoms with E-state index in [-0.39, 0.29) is 59.6 Å². The third-order valence-electron chi connectivity index (χ3n) is 13.0. The van der Waals surface area contributed by atoms with Crippen LogP contribution in [0.1, 0.15) is 173 Å². The van der Waals surface area contributed by atoms with Crippen molar-refractivity contribution in [1.82, 2.24) is 0 Å². The molecule has 9 nitrogen and oxygen atoms in total. The molecule has 0 amide bonds.